The van der Waals surface area contributed by atoms with Gasteiger partial charge in [-0.25, -0.2) is 4.79 Å². The molecule has 1 aromatic rings. The topological polar surface area (TPSA) is 72.5 Å². The van der Waals surface area contributed by atoms with E-state index in [1.807, 2.05) is 6.92 Å². The number of carbonyl (C=O) groups is 1. The first-order valence-corrected chi connectivity index (χ1v) is 5.78. The zero-order valence-electron chi connectivity index (χ0n) is 8.94. The summed E-state index contributed by atoms with van der Waals surface area (Å²) in [5.74, 6) is -0.503. The fourth-order valence-electron chi connectivity index (χ4n) is 1.26. The molecule has 0 bridgehead atoms. The molecule has 1 atom stereocenters. The summed E-state index contributed by atoms with van der Waals surface area (Å²) in [6.45, 7) is 1.91. The highest BCUT2D eigenvalue weighted by molar-refractivity contribution is 9.10. The third kappa shape index (κ3) is 3.41. The van der Waals surface area contributed by atoms with Crippen molar-refractivity contribution in [2.24, 2.45) is 0 Å². The van der Waals surface area contributed by atoms with Crippen LogP contribution in [0.4, 0.5) is 5.69 Å². The lowest BCUT2D eigenvalue weighted by molar-refractivity contribution is -0.145. The summed E-state index contributed by atoms with van der Waals surface area (Å²) >= 11 is 3.29. The summed E-state index contributed by atoms with van der Waals surface area (Å²) < 4.78 is 6.10. The molecule has 0 saturated heterocycles. The molecule has 0 aliphatic carbocycles. The van der Waals surface area contributed by atoms with Crippen LogP contribution in [0.3, 0.4) is 0 Å². The van der Waals surface area contributed by atoms with E-state index in [9.17, 15) is 4.79 Å². The van der Waals surface area contributed by atoms with E-state index in [-0.39, 0.29) is 0 Å². The first kappa shape index (κ1) is 12.8. The monoisotopic (exact) mass is 287 g/mol. The highest BCUT2D eigenvalue weighted by atomic mass is 79.9. The molecule has 0 amide bonds. The molecule has 5 heteroatoms. The molecule has 0 fully saturated rings. The molecule has 1 unspecified atom stereocenters. The number of carboxylic acid groups (broad SMARTS) is 1. The molecule has 0 aliphatic rings. The van der Waals surface area contributed by atoms with Crippen LogP contribution in [0.1, 0.15) is 19.8 Å². The molecule has 0 saturated carbocycles. The third-order valence-corrected chi connectivity index (χ3v) is 2.71. The van der Waals surface area contributed by atoms with Crippen LogP contribution in [0.15, 0.2) is 22.7 Å². The van der Waals surface area contributed by atoms with Crippen LogP contribution < -0.4 is 10.5 Å². The van der Waals surface area contributed by atoms with Gasteiger partial charge in [0.2, 0.25) is 0 Å². The quantitative estimate of drug-likeness (QED) is 0.817. The van der Waals surface area contributed by atoms with Gasteiger partial charge in [-0.15, -0.1) is 0 Å². The van der Waals surface area contributed by atoms with Crippen molar-refractivity contribution in [3.63, 3.8) is 0 Å². The van der Waals surface area contributed by atoms with E-state index >= 15 is 0 Å². The molecule has 1 aromatic carbocycles. The number of carboxylic acids is 1. The predicted molar refractivity (Wildman–Crippen MR) is 65.5 cm³/mol. The molecule has 0 aliphatic heterocycles. The van der Waals surface area contributed by atoms with Crippen molar-refractivity contribution in [1.82, 2.24) is 0 Å². The van der Waals surface area contributed by atoms with Gasteiger partial charge in [0.05, 0.1) is 4.47 Å². The number of aliphatic carboxylic acids is 1. The number of nitrogen functional groups attached to an aromatic ring is 1. The van der Waals surface area contributed by atoms with Crippen LogP contribution in [-0.4, -0.2) is 17.2 Å². The van der Waals surface area contributed by atoms with E-state index in [1.54, 1.807) is 18.2 Å². The second-order valence-electron chi connectivity index (χ2n) is 3.42. The van der Waals surface area contributed by atoms with Crippen molar-refractivity contribution in [3.8, 4) is 5.75 Å². The Hall–Kier alpha value is -1.23. The van der Waals surface area contributed by atoms with Gasteiger partial charge < -0.3 is 15.6 Å². The third-order valence-electron chi connectivity index (χ3n) is 2.05. The molecular formula is C11H14BrNO3. The number of hydrogen-bond acceptors (Lipinski definition) is 3. The summed E-state index contributed by atoms with van der Waals surface area (Å²) in [6.07, 6.45) is 0.385. The molecule has 4 nitrogen and oxygen atoms in total. The summed E-state index contributed by atoms with van der Waals surface area (Å²) in [4.78, 5) is 10.9. The maximum atomic E-state index is 10.9. The summed E-state index contributed by atoms with van der Waals surface area (Å²) in [5.41, 5.74) is 6.15. The predicted octanol–water partition coefficient (Wildman–Crippen LogP) is 2.66. The average Bonchev–Trinajstić information content (AvgIpc) is 2.22. The Kier molecular flexibility index (Phi) is 4.61. The first-order chi connectivity index (χ1) is 7.54. The van der Waals surface area contributed by atoms with Crippen LogP contribution in [0.2, 0.25) is 0 Å². The largest absolute Gasteiger partial charge is 0.479 e. The highest BCUT2D eigenvalue weighted by Gasteiger charge is 2.19. The van der Waals surface area contributed by atoms with Crippen LogP contribution in [-0.2, 0) is 4.79 Å². The standard InChI is InChI=1S/C11H14BrNO3/c1-2-3-9(11(14)15)16-10-6-7(13)4-5-8(10)12/h4-6,9H,2-3,13H2,1H3,(H,14,15). The number of rotatable bonds is 5. The van der Waals surface area contributed by atoms with Gasteiger partial charge in [-0.3, -0.25) is 0 Å². The Morgan fingerprint density at radius 1 is 1.62 bits per heavy atom. The van der Waals surface area contributed by atoms with Gasteiger partial charge in [-0.2, -0.15) is 0 Å². The Morgan fingerprint density at radius 3 is 2.88 bits per heavy atom. The molecule has 0 aromatic heterocycles. The fourth-order valence-corrected chi connectivity index (χ4v) is 1.60. The van der Waals surface area contributed by atoms with Crippen molar-refractivity contribution in [2.45, 2.75) is 25.9 Å². The Morgan fingerprint density at radius 2 is 2.31 bits per heavy atom. The van der Waals surface area contributed by atoms with E-state index in [0.717, 1.165) is 6.42 Å². The molecule has 0 radical (unpaired) electrons. The van der Waals surface area contributed by atoms with Gasteiger partial charge in [-0.05, 0) is 34.5 Å². The molecule has 88 valence electrons. The van der Waals surface area contributed by atoms with E-state index in [0.29, 0.717) is 22.3 Å². The van der Waals surface area contributed by atoms with E-state index in [4.69, 9.17) is 15.6 Å². The minimum Gasteiger partial charge on any atom is -0.479 e. The van der Waals surface area contributed by atoms with Crippen LogP contribution in [0.5, 0.6) is 5.75 Å². The number of halogens is 1. The number of ether oxygens (including phenoxy) is 1. The van der Waals surface area contributed by atoms with Crippen molar-refractivity contribution in [3.05, 3.63) is 22.7 Å². The fraction of sp³-hybridized carbons (Fsp3) is 0.364. The number of anilines is 1. The summed E-state index contributed by atoms with van der Waals surface area (Å²) in [5, 5.41) is 8.95. The zero-order valence-corrected chi connectivity index (χ0v) is 10.5. The van der Waals surface area contributed by atoms with Gasteiger partial charge in [0.1, 0.15) is 5.75 Å². The minimum absolute atomic E-state index is 0.459. The maximum Gasteiger partial charge on any atom is 0.344 e. The lowest BCUT2D eigenvalue weighted by Crippen LogP contribution is -2.26. The second kappa shape index (κ2) is 5.75. The van der Waals surface area contributed by atoms with Gasteiger partial charge in [0.25, 0.3) is 0 Å². The van der Waals surface area contributed by atoms with E-state index in [2.05, 4.69) is 15.9 Å². The number of nitrogens with two attached hydrogens (primary N) is 1. The Bertz CT molecular complexity index is 381. The maximum absolute atomic E-state index is 10.9. The summed E-state index contributed by atoms with van der Waals surface area (Å²) in [6, 6.07) is 5.05. The van der Waals surface area contributed by atoms with Gasteiger partial charge in [-0.1, -0.05) is 13.3 Å². The smallest absolute Gasteiger partial charge is 0.344 e. The molecule has 0 spiro atoms. The normalized spacial score (nSPS) is 12.1. The average molecular weight is 288 g/mol. The zero-order chi connectivity index (χ0) is 12.1. The Balaban J connectivity index is 2.84. The first-order valence-electron chi connectivity index (χ1n) is 4.99. The minimum atomic E-state index is -0.962. The Labute approximate surface area is 103 Å². The van der Waals surface area contributed by atoms with Crippen LogP contribution >= 0.6 is 15.9 Å². The lowest BCUT2D eigenvalue weighted by atomic mass is 10.2. The lowest BCUT2D eigenvalue weighted by Gasteiger charge is -2.15. The number of benzene rings is 1. The van der Waals surface area contributed by atoms with Crippen LogP contribution in [0.25, 0.3) is 0 Å². The molecular weight excluding hydrogens is 274 g/mol. The van der Waals surface area contributed by atoms with E-state index < -0.39 is 12.1 Å². The van der Waals surface area contributed by atoms with Crippen molar-refractivity contribution in [1.29, 1.82) is 0 Å². The number of hydrogen-bond donors (Lipinski definition) is 2. The molecule has 16 heavy (non-hydrogen) atoms. The molecule has 1 rings (SSSR count). The highest BCUT2D eigenvalue weighted by Crippen LogP contribution is 2.28. The SMILES string of the molecule is CCCC(Oc1cc(N)ccc1Br)C(=O)O. The van der Waals surface area contributed by atoms with Crippen molar-refractivity contribution < 1.29 is 14.6 Å². The van der Waals surface area contributed by atoms with Crippen molar-refractivity contribution >= 4 is 27.6 Å². The van der Waals surface area contributed by atoms with Gasteiger partial charge in [0, 0.05) is 11.8 Å². The van der Waals surface area contributed by atoms with E-state index in [1.165, 1.54) is 0 Å². The van der Waals surface area contributed by atoms with Gasteiger partial charge >= 0.3 is 5.97 Å². The van der Waals surface area contributed by atoms with Gasteiger partial charge in [0.15, 0.2) is 6.10 Å². The molecule has 3 N–H and O–H groups in total. The molecule has 0 heterocycles. The summed E-state index contributed by atoms with van der Waals surface area (Å²) in [7, 11) is 0. The van der Waals surface area contributed by atoms with Crippen LogP contribution in [0, 0.1) is 0 Å². The second-order valence-corrected chi connectivity index (χ2v) is 4.28. The van der Waals surface area contributed by atoms with Crippen molar-refractivity contribution in [2.75, 3.05) is 5.73 Å².